The average Bonchev–Trinajstić information content (AvgIpc) is 0.888. The first-order valence-corrected chi connectivity index (χ1v) is 47.9. The van der Waals surface area contributed by atoms with Crippen molar-refractivity contribution in [3.63, 3.8) is 0 Å². The molecule has 0 aromatic heterocycles. The highest BCUT2D eigenvalue weighted by atomic mass is 32.2. The second-order valence-electron chi connectivity index (χ2n) is 31.5. The van der Waals surface area contributed by atoms with Crippen LogP contribution in [0.1, 0.15) is 309 Å². The number of thioether (sulfide) groups is 2. The fourth-order valence-corrected chi connectivity index (χ4v) is 15.3. The molecule has 118 heavy (non-hydrogen) atoms. The lowest BCUT2D eigenvalue weighted by molar-refractivity contribution is -0.132. The molecule has 10 atom stereocenters. The summed E-state index contributed by atoms with van der Waals surface area (Å²) in [6.07, 6.45) is 49.8. The van der Waals surface area contributed by atoms with Crippen molar-refractivity contribution in [1.29, 1.82) is 0 Å². The number of hydrogen-bond donors (Lipinski definition) is 20. The molecule has 0 unspecified atom stereocenters. The average molecular weight is 1710 g/mol. The summed E-state index contributed by atoms with van der Waals surface area (Å²) in [5.41, 5.74) is 47.8. The lowest BCUT2D eigenvalue weighted by Gasteiger charge is -2.24. The minimum absolute atomic E-state index is 0.0198. The van der Waals surface area contributed by atoms with Crippen LogP contribution in [0.3, 0.4) is 0 Å². The van der Waals surface area contributed by atoms with Gasteiger partial charge in [-0.05, 0) is 193 Å². The van der Waals surface area contributed by atoms with Crippen LogP contribution in [0.5, 0.6) is 0 Å². The van der Waals surface area contributed by atoms with Crippen LogP contribution in [0.4, 0.5) is 0 Å². The molecular formula is C86H168N18O12S2. The summed E-state index contributed by atoms with van der Waals surface area (Å²) in [4.78, 5) is 136. The summed E-state index contributed by atoms with van der Waals surface area (Å²) in [5, 5.41) is 48.6. The van der Waals surface area contributed by atoms with Gasteiger partial charge in [-0.25, -0.2) is 0 Å². The van der Waals surface area contributed by atoms with E-state index in [0.717, 1.165) is 103 Å². The van der Waals surface area contributed by atoms with Gasteiger partial charge in [-0.3, -0.25) is 47.9 Å². The Labute approximate surface area is 718 Å². The Hall–Kier alpha value is -5.52. The number of allylic oxidation sites excluding steroid dienone is 4. The van der Waals surface area contributed by atoms with Crippen LogP contribution in [0.25, 0.3) is 0 Å². The standard InChI is InChI=1S/C86H168N18O12S2/c1-3-5-7-9-11-13-15-17-19-21-23-25-27-29-31-43-57-97-83(113)73(63-105)101-85(115)75(103-79(109)69(93)49-37-45-59-95-81(111)71(51-35-41-55-89)99-77(107)67(91)47-33-39-53-87)65-117-61-62-118-66-76(86(116)102-74(64-106)84(114)98-58-44-32-30-28-26-24-22-20-18-16-14-12-10-8-6-4-2)104-80(110)70(94)50-38-46-60-96-82(112)72(52-36-42-56-90)100-78(108)68(92)48-34-40-54-88/h17-20,67-76,105-106H,3-16,21-66,87-94H2,1-2H3,(H,95,111)(H,96,112)(H,97,113)(H,98,114)(H,99,107)(H,100,108)(H,101,115)(H,102,116)(H,103,109)(H,104,110)/b19-17-,20-18-/t67-,68-,69-,70-,71-,72-,73-,74-,75-,76-/m0/s1. The van der Waals surface area contributed by atoms with E-state index in [2.05, 4.69) is 91.3 Å². The van der Waals surface area contributed by atoms with Crippen molar-refractivity contribution in [2.75, 3.05) is 88.6 Å². The molecule has 0 aliphatic heterocycles. The van der Waals surface area contributed by atoms with Gasteiger partial charge in [0.15, 0.2) is 0 Å². The summed E-state index contributed by atoms with van der Waals surface area (Å²) in [7, 11) is 0. The molecule has 0 radical (unpaired) electrons. The second kappa shape index (κ2) is 79.9. The number of amides is 10. The molecule has 32 heteroatoms. The number of nitrogens with two attached hydrogens (primary N) is 8. The molecule has 0 saturated carbocycles. The molecule has 0 bridgehead atoms. The van der Waals surface area contributed by atoms with E-state index in [4.69, 9.17) is 45.9 Å². The van der Waals surface area contributed by atoms with Gasteiger partial charge >= 0.3 is 0 Å². The van der Waals surface area contributed by atoms with Crippen molar-refractivity contribution >= 4 is 82.6 Å². The number of carbonyl (C=O) groups is 10. The van der Waals surface area contributed by atoms with Crippen LogP contribution >= 0.6 is 23.5 Å². The van der Waals surface area contributed by atoms with Gasteiger partial charge in [0.2, 0.25) is 59.1 Å². The summed E-state index contributed by atoms with van der Waals surface area (Å²) < 4.78 is 0. The second-order valence-corrected chi connectivity index (χ2v) is 33.8. The topological polar surface area (TPSA) is 540 Å². The Morgan fingerprint density at radius 3 is 0.754 bits per heavy atom. The lowest BCUT2D eigenvalue weighted by Crippen LogP contribution is -2.57. The molecule has 0 rings (SSSR count). The molecule has 0 spiro atoms. The molecule has 0 aromatic rings. The van der Waals surface area contributed by atoms with Crippen LogP contribution in [0, 0.1) is 0 Å². The van der Waals surface area contributed by atoms with Gasteiger partial charge in [-0.2, -0.15) is 23.5 Å². The normalized spacial score (nSPS) is 14.1. The molecule has 686 valence electrons. The molecule has 0 heterocycles. The van der Waals surface area contributed by atoms with Crippen LogP contribution in [-0.2, 0) is 47.9 Å². The zero-order valence-corrected chi connectivity index (χ0v) is 74.6. The highest BCUT2D eigenvalue weighted by Gasteiger charge is 2.32. The minimum atomic E-state index is -1.34. The smallest absolute Gasteiger partial charge is 0.244 e. The lowest BCUT2D eigenvalue weighted by atomic mass is 10.1. The van der Waals surface area contributed by atoms with E-state index in [-0.39, 0.29) is 49.3 Å². The third-order valence-corrected chi connectivity index (χ3v) is 23.1. The van der Waals surface area contributed by atoms with E-state index < -0.39 is 121 Å². The largest absolute Gasteiger partial charge is 0.394 e. The monoisotopic (exact) mass is 1710 g/mol. The van der Waals surface area contributed by atoms with E-state index >= 15 is 0 Å². The van der Waals surface area contributed by atoms with Gasteiger partial charge in [0, 0.05) is 49.2 Å². The Bertz CT molecular complexity index is 2470. The van der Waals surface area contributed by atoms with E-state index in [1.165, 1.54) is 101 Å². The molecule has 0 aromatic carbocycles. The number of aliphatic hydroxyl groups excluding tert-OH is 2. The SMILES string of the molecule is CCCCCCCC/C=C\CCCCCCCCNC(=O)[C@H](CO)NC(=O)[C@H](CSCCSC[C@H](NC(=O)[C@@H](N)CCCCNC(=O)[C@H](CCCCN)NC(=O)[C@@H](N)CCCCN)C(=O)N[C@@H](CO)C(=O)NCCCCCCCC/C=C\CCCCCCCC)NC(=O)[C@@H](N)CCCCNC(=O)[C@H](CCCCN)NC(=O)[C@@H](N)CCCCN. The maximum atomic E-state index is 14.2. The Morgan fingerprint density at radius 1 is 0.263 bits per heavy atom. The maximum absolute atomic E-state index is 14.2. The first-order chi connectivity index (χ1) is 57.2. The zero-order valence-electron chi connectivity index (χ0n) is 72.9. The number of unbranched alkanes of at least 4 members (excludes halogenated alkanes) is 30. The minimum Gasteiger partial charge on any atom is -0.394 e. The van der Waals surface area contributed by atoms with Crippen molar-refractivity contribution in [2.24, 2.45) is 45.9 Å². The van der Waals surface area contributed by atoms with Crippen molar-refractivity contribution in [3.05, 3.63) is 24.3 Å². The van der Waals surface area contributed by atoms with E-state index in [1.807, 2.05) is 0 Å². The summed E-state index contributed by atoms with van der Waals surface area (Å²) >= 11 is 2.54. The fourth-order valence-electron chi connectivity index (χ4n) is 13.1. The molecule has 0 aliphatic carbocycles. The summed E-state index contributed by atoms with van der Waals surface area (Å²) in [6.45, 7) is 5.92. The van der Waals surface area contributed by atoms with Crippen molar-refractivity contribution in [3.8, 4) is 0 Å². The predicted octanol–water partition coefficient (Wildman–Crippen LogP) is 6.05. The van der Waals surface area contributed by atoms with Crippen LogP contribution in [0.15, 0.2) is 24.3 Å². The van der Waals surface area contributed by atoms with Gasteiger partial charge in [-0.15, -0.1) is 0 Å². The van der Waals surface area contributed by atoms with Crippen molar-refractivity contribution in [2.45, 2.75) is 370 Å². The van der Waals surface area contributed by atoms with Crippen LogP contribution in [0.2, 0.25) is 0 Å². The quantitative estimate of drug-likeness (QED) is 0.0243. The predicted molar refractivity (Wildman–Crippen MR) is 483 cm³/mol. The summed E-state index contributed by atoms with van der Waals surface area (Å²) in [5.74, 6) is -4.99. The number of hydrogen-bond acceptors (Lipinski definition) is 22. The molecule has 30 nitrogen and oxygen atoms in total. The fraction of sp³-hybridized carbons (Fsp3) is 0.837. The van der Waals surface area contributed by atoms with E-state index in [0.29, 0.717) is 154 Å². The highest BCUT2D eigenvalue weighted by Crippen LogP contribution is 2.17. The van der Waals surface area contributed by atoms with Crippen molar-refractivity contribution < 1.29 is 58.2 Å². The zero-order chi connectivity index (χ0) is 87.3. The Kier molecular flexibility index (Phi) is 76.2. The first-order valence-electron chi connectivity index (χ1n) is 45.6. The number of nitrogens with one attached hydrogen (secondary N) is 10. The van der Waals surface area contributed by atoms with E-state index in [1.54, 1.807) is 0 Å². The number of rotatable bonds is 83. The molecule has 0 fully saturated rings. The Balaban J connectivity index is 6.31. The van der Waals surface area contributed by atoms with Crippen molar-refractivity contribution in [1.82, 2.24) is 53.2 Å². The van der Waals surface area contributed by atoms with Gasteiger partial charge in [0.25, 0.3) is 0 Å². The van der Waals surface area contributed by atoms with Gasteiger partial charge in [0.05, 0.1) is 37.4 Å². The van der Waals surface area contributed by atoms with Gasteiger partial charge in [-0.1, -0.05) is 167 Å². The van der Waals surface area contributed by atoms with Gasteiger partial charge < -0.3 is 109 Å². The number of aliphatic hydroxyl groups is 2. The maximum Gasteiger partial charge on any atom is 0.244 e. The summed E-state index contributed by atoms with van der Waals surface area (Å²) in [6, 6.07) is -10.6. The van der Waals surface area contributed by atoms with Gasteiger partial charge in [0.1, 0.15) is 36.3 Å². The number of carbonyl (C=O) groups excluding carboxylic acids is 10. The highest BCUT2D eigenvalue weighted by molar-refractivity contribution is 8.03. The third kappa shape index (κ3) is 62.6. The Morgan fingerprint density at radius 2 is 0.483 bits per heavy atom. The third-order valence-electron chi connectivity index (χ3n) is 20.7. The first kappa shape index (κ1) is 112. The molecule has 0 aliphatic rings. The van der Waals surface area contributed by atoms with Crippen LogP contribution < -0.4 is 99.0 Å². The van der Waals surface area contributed by atoms with Crippen LogP contribution in [-0.4, -0.2) is 218 Å². The van der Waals surface area contributed by atoms with E-state index in [9.17, 15) is 58.2 Å². The molecule has 0 saturated heterocycles. The molecular weight excluding hydrogens is 1540 g/mol. The molecule has 10 amide bonds. The molecule has 28 N–H and O–H groups in total.